The number of carbonyl (C=O) groups excluding carboxylic acids is 1. The number of nitrogens with one attached hydrogen (secondary N) is 1. The average molecular weight is 312 g/mol. The molecule has 2 rings (SSSR count). The third kappa shape index (κ3) is 4.16. The lowest BCUT2D eigenvalue weighted by Crippen LogP contribution is -2.20. The molecule has 0 spiro atoms. The summed E-state index contributed by atoms with van der Waals surface area (Å²) in [7, 11) is 0. The summed E-state index contributed by atoms with van der Waals surface area (Å²) in [4.78, 5) is 11.7. The SMILES string of the molecule is Cc1ccc(NC(=O)COc2ccc(F)c(Cl)c2)c(F)c1. The summed E-state index contributed by atoms with van der Waals surface area (Å²) in [5, 5.41) is 2.29. The van der Waals surface area contributed by atoms with Crippen LogP contribution in [0.15, 0.2) is 36.4 Å². The van der Waals surface area contributed by atoms with E-state index in [2.05, 4.69) is 5.32 Å². The maximum atomic E-state index is 13.6. The highest BCUT2D eigenvalue weighted by Crippen LogP contribution is 2.21. The first-order valence-electron chi connectivity index (χ1n) is 6.09. The van der Waals surface area contributed by atoms with Crippen molar-refractivity contribution in [3.05, 3.63) is 58.6 Å². The second kappa shape index (κ2) is 6.54. The van der Waals surface area contributed by atoms with E-state index in [1.165, 1.54) is 24.3 Å². The van der Waals surface area contributed by atoms with Crippen molar-refractivity contribution in [2.24, 2.45) is 0 Å². The van der Waals surface area contributed by atoms with Gasteiger partial charge in [-0.3, -0.25) is 4.79 Å². The third-order valence-electron chi connectivity index (χ3n) is 2.66. The van der Waals surface area contributed by atoms with E-state index in [-0.39, 0.29) is 23.1 Å². The number of amides is 1. The van der Waals surface area contributed by atoms with Gasteiger partial charge >= 0.3 is 0 Å². The van der Waals surface area contributed by atoms with Gasteiger partial charge in [-0.15, -0.1) is 0 Å². The molecule has 0 aromatic heterocycles. The molecule has 0 unspecified atom stereocenters. The van der Waals surface area contributed by atoms with E-state index in [9.17, 15) is 13.6 Å². The van der Waals surface area contributed by atoms with Crippen LogP contribution in [0.5, 0.6) is 5.75 Å². The number of benzene rings is 2. The van der Waals surface area contributed by atoms with Crippen LogP contribution in [-0.4, -0.2) is 12.5 Å². The fourth-order valence-electron chi connectivity index (χ4n) is 1.62. The number of rotatable bonds is 4. The first-order valence-corrected chi connectivity index (χ1v) is 6.47. The van der Waals surface area contributed by atoms with Crippen molar-refractivity contribution in [3.8, 4) is 5.75 Å². The van der Waals surface area contributed by atoms with Gasteiger partial charge < -0.3 is 10.1 Å². The third-order valence-corrected chi connectivity index (χ3v) is 2.95. The van der Waals surface area contributed by atoms with Gasteiger partial charge in [0.1, 0.15) is 17.4 Å². The molecule has 0 aliphatic carbocycles. The molecule has 0 heterocycles. The smallest absolute Gasteiger partial charge is 0.262 e. The summed E-state index contributed by atoms with van der Waals surface area (Å²) in [6.07, 6.45) is 0. The lowest BCUT2D eigenvalue weighted by Gasteiger charge is -2.09. The summed E-state index contributed by atoms with van der Waals surface area (Å²) >= 11 is 5.59. The minimum absolute atomic E-state index is 0.0753. The first kappa shape index (κ1) is 15.3. The fraction of sp³-hybridized carbons (Fsp3) is 0.133. The van der Waals surface area contributed by atoms with Crippen molar-refractivity contribution < 1.29 is 18.3 Å². The quantitative estimate of drug-likeness (QED) is 0.928. The molecule has 0 saturated heterocycles. The fourth-order valence-corrected chi connectivity index (χ4v) is 1.79. The van der Waals surface area contributed by atoms with Gasteiger partial charge in [0.05, 0.1) is 10.7 Å². The molecule has 0 aliphatic heterocycles. The molecule has 21 heavy (non-hydrogen) atoms. The Bertz CT molecular complexity index is 677. The molecule has 2 aromatic rings. The average Bonchev–Trinajstić information content (AvgIpc) is 2.43. The Balaban J connectivity index is 1.94. The molecule has 110 valence electrons. The van der Waals surface area contributed by atoms with Crippen LogP contribution in [0.4, 0.5) is 14.5 Å². The van der Waals surface area contributed by atoms with Crippen LogP contribution >= 0.6 is 11.6 Å². The van der Waals surface area contributed by atoms with Crippen molar-refractivity contribution in [2.75, 3.05) is 11.9 Å². The lowest BCUT2D eigenvalue weighted by molar-refractivity contribution is -0.118. The van der Waals surface area contributed by atoms with E-state index >= 15 is 0 Å². The highest BCUT2D eigenvalue weighted by molar-refractivity contribution is 6.30. The van der Waals surface area contributed by atoms with Gasteiger partial charge in [0.25, 0.3) is 5.91 Å². The molecular weight excluding hydrogens is 300 g/mol. The molecule has 1 N–H and O–H groups in total. The molecule has 1 amide bonds. The molecule has 2 aromatic carbocycles. The van der Waals surface area contributed by atoms with Gasteiger partial charge in [0.2, 0.25) is 0 Å². The Morgan fingerprint density at radius 3 is 2.62 bits per heavy atom. The number of hydrogen-bond donors (Lipinski definition) is 1. The van der Waals surface area contributed by atoms with Crippen LogP contribution in [0.3, 0.4) is 0 Å². The van der Waals surface area contributed by atoms with E-state index in [1.54, 1.807) is 13.0 Å². The Hall–Kier alpha value is -2.14. The maximum Gasteiger partial charge on any atom is 0.262 e. The van der Waals surface area contributed by atoms with E-state index in [0.29, 0.717) is 0 Å². The second-order valence-electron chi connectivity index (χ2n) is 4.40. The minimum atomic E-state index is -0.574. The Morgan fingerprint density at radius 2 is 1.95 bits per heavy atom. The predicted molar refractivity (Wildman–Crippen MR) is 76.7 cm³/mol. The molecule has 0 bridgehead atoms. The van der Waals surface area contributed by atoms with E-state index in [4.69, 9.17) is 16.3 Å². The summed E-state index contributed by atoms with van der Waals surface area (Å²) in [5.41, 5.74) is 0.828. The normalized spacial score (nSPS) is 10.3. The highest BCUT2D eigenvalue weighted by Gasteiger charge is 2.09. The van der Waals surface area contributed by atoms with Crippen LogP contribution in [0.2, 0.25) is 5.02 Å². The van der Waals surface area contributed by atoms with Crippen LogP contribution in [-0.2, 0) is 4.79 Å². The molecule has 0 fully saturated rings. The Morgan fingerprint density at radius 1 is 1.19 bits per heavy atom. The van der Waals surface area contributed by atoms with Gasteiger partial charge in [-0.05, 0) is 36.8 Å². The maximum absolute atomic E-state index is 13.6. The summed E-state index contributed by atoms with van der Waals surface area (Å²) in [6, 6.07) is 8.21. The van der Waals surface area contributed by atoms with E-state index in [1.807, 2.05) is 0 Å². The number of ether oxygens (including phenoxy) is 1. The van der Waals surface area contributed by atoms with Gasteiger partial charge in [-0.2, -0.15) is 0 Å². The Labute approximate surface area is 125 Å². The number of aryl methyl sites for hydroxylation is 1. The number of halogens is 3. The van der Waals surface area contributed by atoms with Gasteiger partial charge in [0, 0.05) is 6.07 Å². The topological polar surface area (TPSA) is 38.3 Å². The summed E-state index contributed by atoms with van der Waals surface area (Å²) in [5.74, 6) is -1.37. The van der Waals surface area contributed by atoms with Gasteiger partial charge in [-0.25, -0.2) is 8.78 Å². The predicted octanol–water partition coefficient (Wildman–Crippen LogP) is 3.94. The van der Waals surface area contributed by atoms with Crippen molar-refractivity contribution in [3.63, 3.8) is 0 Å². The van der Waals surface area contributed by atoms with Gasteiger partial charge in [-0.1, -0.05) is 17.7 Å². The number of carbonyl (C=O) groups is 1. The summed E-state index contributed by atoms with van der Waals surface area (Å²) < 4.78 is 31.7. The van der Waals surface area contributed by atoms with Crippen LogP contribution in [0, 0.1) is 18.6 Å². The molecule has 0 radical (unpaired) electrons. The van der Waals surface area contributed by atoms with Crippen LogP contribution < -0.4 is 10.1 Å². The number of anilines is 1. The van der Waals surface area contributed by atoms with Crippen LogP contribution in [0.25, 0.3) is 0 Å². The van der Waals surface area contributed by atoms with Crippen molar-refractivity contribution in [2.45, 2.75) is 6.92 Å². The Kier molecular flexibility index (Phi) is 4.75. The number of hydrogen-bond acceptors (Lipinski definition) is 2. The standard InChI is InChI=1S/C15H12ClF2NO2/c1-9-2-5-14(13(18)6-9)19-15(20)8-21-10-3-4-12(17)11(16)7-10/h2-7H,8H2,1H3,(H,19,20). The van der Waals surface area contributed by atoms with Crippen molar-refractivity contribution >= 4 is 23.2 Å². The largest absolute Gasteiger partial charge is 0.484 e. The van der Waals surface area contributed by atoms with Gasteiger partial charge in [0.15, 0.2) is 6.61 Å². The monoisotopic (exact) mass is 311 g/mol. The molecule has 3 nitrogen and oxygen atoms in total. The van der Waals surface area contributed by atoms with E-state index in [0.717, 1.165) is 11.6 Å². The minimum Gasteiger partial charge on any atom is -0.484 e. The van der Waals surface area contributed by atoms with Crippen molar-refractivity contribution in [1.82, 2.24) is 0 Å². The lowest BCUT2D eigenvalue weighted by atomic mass is 10.2. The zero-order valence-corrected chi connectivity index (χ0v) is 11.9. The molecule has 6 heteroatoms. The molecule has 0 aliphatic rings. The molecular formula is C15H12ClF2NO2. The molecule has 0 atom stereocenters. The van der Waals surface area contributed by atoms with E-state index < -0.39 is 17.5 Å². The summed E-state index contributed by atoms with van der Waals surface area (Å²) in [6.45, 7) is 1.41. The van der Waals surface area contributed by atoms with Crippen molar-refractivity contribution in [1.29, 1.82) is 0 Å². The zero-order chi connectivity index (χ0) is 15.4. The second-order valence-corrected chi connectivity index (χ2v) is 4.80. The zero-order valence-electron chi connectivity index (χ0n) is 11.1. The first-order chi connectivity index (χ1) is 9.95. The highest BCUT2D eigenvalue weighted by atomic mass is 35.5. The molecule has 0 saturated carbocycles. The van der Waals surface area contributed by atoms with Crippen LogP contribution in [0.1, 0.15) is 5.56 Å².